The molecule has 0 fully saturated rings. The Morgan fingerprint density at radius 1 is 0.463 bits per heavy atom. The molecular formula is C58H100NO8+. The minimum Gasteiger partial charge on any atom is -0.477 e. The van der Waals surface area contributed by atoms with Crippen LogP contribution in [-0.2, 0) is 33.3 Å². The predicted octanol–water partition coefficient (Wildman–Crippen LogP) is 15.2. The molecule has 67 heavy (non-hydrogen) atoms. The number of hydrogen-bond donors (Lipinski definition) is 1. The first-order valence-corrected chi connectivity index (χ1v) is 26.8. The Morgan fingerprint density at radius 2 is 0.851 bits per heavy atom. The van der Waals surface area contributed by atoms with E-state index in [0.29, 0.717) is 17.4 Å². The van der Waals surface area contributed by atoms with E-state index in [2.05, 4.69) is 98.9 Å². The van der Waals surface area contributed by atoms with Gasteiger partial charge in [-0.25, -0.2) is 4.79 Å². The largest absolute Gasteiger partial charge is 0.477 e. The van der Waals surface area contributed by atoms with Crippen LogP contribution >= 0.6 is 0 Å². The zero-order chi connectivity index (χ0) is 49.2. The highest BCUT2D eigenvalue weighted by Gasteiger charge is 2.25. The number of allylic oxidation sites excluding steroid dienone is 14. The first-order valence-electron chi connectivity index (χ1n) is 26.8. The standard InChI is InChI=1S/C58H99NO8/c1-6-8-10-12-14-16-18-20-22-24-26-27-28-29-31-33-35-37-39-41-43-45-47-49-56(61)67-54(53-66-58(57(62)63)64-51-50-59(3,4)5)52-65-55(60)48-46-44-42-40-38-36-34-32-30-25-23-21-19-17-15-13-11-9-7-2/h8,10,14-17,20-23,26-27,30,32,54,58H,6-7,9,11-13,18-19,24-25,28-29,31,33-53H2,1-5H3/p+1/b10-8-,16-14-,17-15-,22-20-,23-21-,27-26-,32-30-. The molecule has 0 aromatic heterocycles. The molecule has 2 unspecified atom stereocenters. The number of hydrogen-bond acceptors (Lipinski definition) is 7. The van der Waals surface area contributed by atoms with E-state index >= 15 is 0 Å². The smallest absolute Gasteiger partial charge is 0.361 e. The number of likely N-dealkylation sites (N-methyl/N-ethyl adjacent to an activating group) is 1. The molecule has 384 valence electrons. The molecule has 0 heterocycles. The number of quaternary nitrogens is 1. The molecule has 9 nitrogen and oxygen atoms in total. The van der Waals surface area contributed by atoms with E-state index in [-0.39, 0.29) is 38.6 Å². The molecule has 0 rings (SSSR count). The minimum atomic E-state index is -1.52. The van der Waals surface area contributed by atoms with E-state index in [0.717, 1.165) is 96.3 Å². The van der Waals surface area contributed by atoms with Gasteiger partial charge in [0.1, 0.15) is 13.2 Å². The Bertz CT molecular complexity index is 1370. The topological polar surface area (TPSA) is 108 Å². The van der Waals surface area contributed by atoms with Crippen LogP contribution in [0, 0.1) is 0 Å². The van der Waals surface area contributed by atoms with Gasteiger partial charge in [-0.3, -0.25) is 9.59 Å². The van der Waals surface area contributed by atoms with Gasteiger partial charge in [0.15, 0.2) is 6.10 Å². The van der Waals surface area contributed by atoms with Gasteiger partial charge in [-0.1, -0.05) is 189 Å². The molecule has 0 amide bonds. The summed E-state index contributed by atoms with van der Waals surface area (Å²) < 4.78 is 22.8. The molecule has 0 radical (unpaired) electrons. The van der Waals surface area contributed by atoms with Crippen molar-refractivity contribution in [2.24, 2.45) is 0 Å². The number of aliphatic carboxylic acids is 1. The average molecular weight is 939 g/mol. The third kappa shape index (κ3) is 50.2. The lowest BCUT2D eigenvalue weighted by molar-refractivity contribution is -0.870. The van der Waals surface area contributed by atoms with Gasteiger partial charge >= 0.3 is 17.9 Å². The monoisotopic (exact) mass is 939 g/mol. The van der Waals surface area contributed by atoms with Crippen LogP contribution in [0.3, 0.4) is 0 Å². The molecular weight excluding hydrogens is 839 g/mol. The van der Waals surface area contributed by atoms with Crippen molar-refractivity contribution in [1.29, 1.82) is 0 Å². The normalized spacial score (nSPS) is 13.5. The number of nitrogens with zero attached hydrogens (tertiary/aromatic N) is 1. The maximum absolute atomic E-state index is 12.8. The van der Waals surface area contributed by atoms with E-state index in [1.54, 1.807) is 0 Å². The maximum Gasteiger partial charge on any atom is 0.361 e. The fraction of sp³-hybridized carbons (Fsp3) is 0.707. The van der Waals surface area contributed by atoms with Crippen molar-refractivity contribution in [3.05, 3.63) is 85.1 Å². The summed E-state index contributed by atoms with van der Waals surface area (Å²) in [6.07, 6.45) is 60.7. The molecule has 0 saturated heterocycles. The number of carbonyl (C=O) groups is 3. The third-order valence-electron chi connectivity index (χ3n) is 11.1. The number of rotatable bonds is 48. The Balaban J connectivity index is 4.35. The van der Waals surface area contributed by atoms with Crippen LogP contribution in [0.1, 0.15) is 206 Å². The summed E-state index contributed by atoms with van der Waals surface area (Å²) in [6.45, 7) is 4.71. The molecule has 2 atom stereocenters. The van der Waals surface area contributed by atoms with E-state index in [1.807, 2.05) is 21.1 Å². The molecule has 0 aliphatic rings. The van der Waals surface area contributed by atoms with Crippen molar-refractivity contribution < 1.29 is 42.9 Å². The summed E-state index contributed by atoms with van der Waals surface area (Å²) in [4.78, 5) is 37.3. The van der Waals surface area contributed by atoms with Gasteiger partial charge in [-0.2, -0.15) is 0 Å². The highest BCUT2D eigenvalue weighted by Crippen LogP contribution is 2.14. The van der Waals surface area contributed by atoms with Crippen LogP contribution in [0.15, 0.2) is 85.1 Å². The molecule has 0 spiro atoms. The lowest BCUT2D eigenvalue weighted by Crippen LogP contribution is -2.40. The summed E-state index contributed by atoms with van der Waals surface area (Å²) in [7, 11) is 5.95. The van der Waals surface area contributed by atoms with Crippen molar-refractivity contribution in [2.45, 2.75) is 219 Å². The fourth-order valence-corrected chi connectivity index (χ4v) is 7.01. The van der Waals surface area contributed by atoms with E-state index in [4.69, 9.17) is 18.9 Å². The van der Waals surface area contributed by atoms with Gasteiger partial charge in [0.2, 0.25) is 0 Å². The quantitative estimate of drug-likeness (QED) is 0.0211. The lowest BCUT2D eigenvalue weighted by atomic mass is 10.0. The number of carboxylic acids is 1. The summed E-state index contributed by atoms with van der Waals surface area (Å²) in [5, 5.41) is 9.68. The first kappa shape index (κ1) is 63.5. The van der Waals surface area contributed by atoms with Gasteiger partial charge in [0.05, 0.1) is 34.4 Å². The summed E-state index contributed by atoms with van der Waals surface area (Å²) >= 11 is 0. The third-order valence-corrected chi connectivity index (χ3v) is 11.1. The number of ether oxygens (including phenoxy) is 4. The second-order valence-corrected chi connectivity index (χ2v) is 18.8. The lowest BCUT2D eigenvalue weighted by Gasteiger charge is -2.25. The van der Waals surface area contributed by atoms with Crippen LogP contribution in [0.25, 0.3) is 0 Å². The van der Waals surface area contributed by atoms with Crippen molar-refractivity contribution >= 4 is 17.9 Å². The number of carbonyl (C=O) groups excluding carboxylic acids is 2. The van der Waals surface area contributed by atoms with Crippen molar-refractivity contribution in [3.8, 4) is 0 Å². The minimum absolute atomic E-state index is 0.180. The maximum atomic E-state index is 12.8. The highest BCUT2D eigenvalue weighted by atomic mass is 16.7. The molecule has 0 aromatic carbocycles. The Hall–Kier alpha value is -3.53. The van der Waals surface area contributed by atoms with E-state index < -0.39 is 24.3 Å². The molecule has 0 aromatic rings. The van der Waals surface area contributed by atoms with Crippen molar-refractivity contribution in [1.82, 2.24) is 0 Å². The summed E-state index contributed by atoms with van der Waals surface area (Å²) in [5.41, 5.74) is 0. The SMILES string of the molecule is CC/C=C\C/C=C\C/C=C\C/C=C\CCCCCCCCCCCCC(=O)OC(COC(=O)CCCCCCCC/C=C\C/C=C\C/C=C\CCCCC)COC(OCC[N+](C)(C)C)C(=O)O. The Morgan fingerprint density at radius 3 is 1.27 bits per heavy atom. The van der Waals surface area contributed by atoms with Gasteiger partial charge < -0.3 is 28.5 Å². The zero-order valence-electron chi connectivity index (χ0n) is 43.5. The highest BCUT2D eigenvalue weighted by molar-refractivity contribution is 5.71. The molecule has 1 N–H and O–H groups in total. The van der Waals surface area contributed by atoms with Crippen molar-refractivity contribution in [3.63, 3.8) is 0 Å². The van der Waals surface area contributed by atoms with Gasteiger partial charge in [-0.15, -0.1) is 0 Å². The molecule has 0 saturated carbocycles. The Labute approximate surface area is 410 Å². The van der Waals surface area contributed by atoms with Crippen LogP contribution in [0.2, 0.25) is 0 Å². The molecule has 0 aliphatic carbocycles. The van der Waals surface area contributed by atoms with Gasteiger partial charge in [0.25, 0.3) is 6.29 Å². The van der Waals surface area contributed by atoms with Crippen LogP contribution in [0.5, 0.6) is 0 Å². The molecule has 9 heteroatoms. The molecule has 0 bridgehead atoms. The second-order valence-electron chi connectivity index (χ2n) is 18.8. The summed E-state index contributed by atoms with van der Waals surface area (Å²) in [6, 6.07) is 0. The molecule has 0 aliphatic heterocycles. The second kappa shape index (κ2) is 48.9. The number of unbranched alkanes of at least 4 members (excludes halogenated alkanes) is 19. The van der Waals surface area contributed by atoms with Gasteiger partial charge in [-0.05, 0) is 89.9 Å². The van der Waals surface area contributed by atoms with Crippen LogP contribution in [0.4, 0.5) is 0 Å². The number of esters is 2. The fourth-order valence-electron chi connectivity index (χ4n) is 7.01. The van der Waals surface area contributed by atoms with Crippen LogP contribution in [-0.4, -0.2) is 87.4 Å². The summed E-state index contributed by atoms with van der Waals surface area (Å²) in [5.74, 6) is -2.03. The van der Waals surface area contributed by atoms with Gasteiger partial charge in [0, 0.05) is 12.8 Å². The zero-order valence-corrected chi connectivity index (χ0v) is 43.5. The van der Waals surface area contributed by atoms with E-state index in [9.17, 15) is 19.5 Å². The number of carboxylic acid groups (broad SMARTS) is 1. The predicted molar refractivity (Wildman–Crippen MR) is 281 cm³/mol. The Kier molecular flexibility index (Phi) is 46.3. The van der Waals surface area contributed by atoms with Crippen molar-refractivity contribution in [2.75, 3.05) is 47.5 Å². The first-order chi connectivity index (χ1) is 32.6. The van der Waals surface area contributed by atoms with E-state index in [1.165, 1.54) is 77.0 Å². The average Bonchev–Trinajstić information content (AvgIpc) is 3.29. The van der Waals surface area contributed by atoms with Crippen LogP contribution < -0.4 is 0 Å².